The third-order valence-electron chi connectivity index (χ3n) is 3.37. The van der Waals surface area contributed by atoms with Crippen molar-refractivity contribution in [1.29, 1.82) is 0 Å². The van der Waals surface area contributed by atoms with Crippen molar-refractivity contribution in [2.75, 3.05) is 12.4 Å². The zero-order valence-corrected chi connectivity index (χ0v) is 13.2. The van der Waals surface area contributed by atoms with Gasteiger partial charge in [0.2, 0.25) is 5.88 Å². The number of rotatable bonds is 6. The lowest BCUT2D eigenvalue weighted by Crippen LogP contribution is -2.04. The van der Waals surface area contributed by atoms with Crippen molar-refractivity contribution in [2.45, 2.75) is 26.5 Å². The average Bonchev–Trinajstić information content (AvgIpc) is 2.81. The van der Waals surface area contributed by atoms with E-state index in [9.17, 15) is 5.11 Å². The summed E-state index contributed by atoms with van der Waals surface area (Å²) in [6.07, 6.45) is 0.832. The van der Waals surface area contributed by atoms with Crippen LogP contribution in [0, 0.1) is 0 Å². The van der Waals surface area contributed by atoms with E-state index in [1.165, 1.54) is 0 Å². The smallest absolute Gasteiger partial charge is 0.216 e. The Morgan fingerprint density at radius 1 is 1.43 bits per heavy atom. The highest BCUT2D eigenvalue weighted by atomic mass is 35.5. The molecule has 1 aromatic heterocycles. The summed E-state index contributed by atoms with van der Waals surface area (Å²) in [5.74, 6) is 0.744. The van der Waals surface area contributed by atoms with E-state index in [2.05, 4.69) is 17.3 Å². The molecule has 21 heavy (non-hydrogen) atoms. The number of nitrogens with one attached hydrogen (secondary N) is 1. The molecular weight excluding hydrogens is 290 g/mol. The minimum atomic E-state index is -0.0116. The Kier molecular flexibility index (Phi) is 5.09. The van der Waals surface area contributed by atoms with E-state index < -0.39 is 0 Å². The Morgan fingerprint density at radius 2 is 2.19 bits per heavy atom. The van der Waals surface area contributed by atoms with Crippen molar-refractivity contribution < 1.29 is 9.84 Å². The summed E-state index contributed by atoms with van der Waals surface area (Å²) in [6, 6.07) is 5.42. The molecule has 0 aliphatic carbocycles. The van der Waals surface area contributed by atoms with Gasteiger partial charge in [-0.05, 0) is 24.1 Å². The first-order valence-corrected chi connectivity index (χ1v) is 7.20. The number of hydrogen-bond donors (Lipinski definition) is 2. The molecule has 0 fully saturated rings. The molecule has 2 aromatic rings. The highest BCUT2D eigenvalue weighted by Crippen LogP contribution is 2.27. The van der Waals surface area contributed by atoms with Crippen molar-refractivity contribution in [3.63, 3.8) is 0 Å². The molecule has 6 heteroatoms. The van der Waals surface area contributed by atoms with Gasteiger partial charge in [0.05, 0.1) is 35.7 Å². The number of hydrogen-bond acceptors (Lipinski definition) is 4. The van der Waals surface area contributed by atoms with E-state index in [1.54, 1.807) is 23.9 Å². The van der Waals surface area contributed by atoms with Gasteiger partial charge >= 0.3 is 0 Å². The molecule has 0 amide bonds. The fourth-order valence-corrected chi connectivity index (χ4v) is 2.50. The summed E-state index contributed by atoms with van der Waals surface area (Å²) in [6.45, 7) is 2.61. The number of methoxy groups -OCH3 is 1. The lowest BCUT2D eigenvalue weighted by molar-refractivity contribution is 0.282. The Hall–Kier alpha value is -1.72. The molecule has 0 radical (unpaired) electrons. The molecule has 0 aliphatic heterocycles. The summed E-state index contributed by atoms with van der Waals surface area (Å²) >= 11 is 6.18. The number of aromatic nitrogens is 2. The van der Waals surface area contributed by atoms with Gasteiger partial charge in [0.25, 0.3) is 0 Å². The van der Waals surface area contributed by atoms with Crippen molar-refractivity contribution in [3.05, 3.63) is 40.0 Å². The molecule has 0 atom stereocenters. The number of nitrogens with zero attached hydrogens (tertiary/aromatic N) is 2. The number of aryl methyl sites for hydroxylation is 2. The monoisotopic (exact) mass is 309 g/mol. The van der Waals surface area contributed by atoms with Crippen molar-refractivity contribution in [2.24, 2.45) is 7.05 Å². The first kappa shape index (κ1) is 15.7. The quantitative estimate of drug-likeness (QED) is 0.861. The third-order valence-corrected chi connectivity index (χ3v) is 3.70. The van der Waals surface area contributed by atoms with Crippen LogP contribution in [0.25, 0.3) is 0 Å². The second kappa shape index (κ2) is 6.83. The predicted octanol–water partition coefficient (Wildman–Crippen LogP) is 2.75. The summed E-state index contributed by atoms with van der Waals surface area (Å²) in [5, 5.41) is 17.6. The highest BCUT2D eigenvalue weighted by molar-refractivity contribution is 6.33. The summed E-state index contributed by atoms with van der Waals surface area (Å²) < 4.78 is 7.15. The van der Waals surface area contributed by atoms with Gasteiger partial charge in [0, 0.05) is 13.6 Å². The van der Waals surface area contributed by atoms with Gasteiger partial charge in [0.15, 0.2) is 0 Å². The van der Waals surface area contributed by atoms with Gasteiger partial charge in [-0.25, -0.2) is 4.68 Å². The summed E-state index contributed by atoms with van der Waals surface area (Å²) in [4.78, 5) is 0. The van der Waals surface area contributed by atoms with E-state index in [1.807, 2.05) is 13.1 Å². The van der Waals surface area contributed by atoms with E-state index in [0.29, 0.717) is 11.6 Å². The molecule has 0 unspecified atom stereocenters. The van der Waals surface area contributed by atoms with Crippen molar-refractivity contribution in [3.8, 4) is 5.88 Å². The molecule has 0 aliphatic rings. The van der Waals surface area contributed by atoms with E-state index in [4.69, 9.17) is 16.3 Å². The molecule has 2 N–H and O–H groups in total. The van der Waals surface area contributed by atoms with Crippen LogP contribution in [0.15, 0.2) is 18.2 Å². The zero-order chi connectivity index (χ0) is 15.4. The molecule has 1 heterocycles. The first-order valence-electron chi connectivity index (χ1n) is 6.82. The molecule has 0 spiro atoms. The van der Waals surface area contributed by atoms with Crippen molar-refractivity contribution >= 4 is 17.3 Å². The Labute approximate surface area is 129 Å². The van der Waals surface area contributed by atoms with Crippen molar-refractivity contribution in [1.82, 2.24) is 9.78 Å². The number of anilines is 1. The Morgan fingerprint density at radius 3 is 2.81 bits per heavy atom. The molecule has 114 valence electrons. The number of benzene rings is 1. The maximum absolute atomic E-state index is 9.20. The van der Waals surface area contributed by atoms with Crippen LogP contribution >= 0.6 is 11.6 Å². The van der Waals surface area contributed by atoms with Gasteiger partial charge in [-0.2, -0.15) is 5.10 Å². The van der Waals surface area contributed by atoms with Crippen LogP contribution in [0.2, 0.25) is 5.02 Å². The van der Waals surface area contributed by atoms with Crippen LogP contribution < -0.4 is 10.1 Å². The SMILES string of the molecule is CCc1nn(C)c(OC)c1CNc1cc(CO)ccc1Cl. The zero-order valence-electron chi connectivity index (χ0n) is 12.5. The normalized spacial score (nSPS) is 10.7. The maximum Gasteiger partial charge on any atom is 0.216 e. The van der Waals surface area contributed by atoms with Gasteiger partial charge in [-0.15, -0.1) is 0 Å². The van der Waals surface area contributed by atoms with Crippen LogP contribution in [-0.2, 0) is 26.6 Å². The molecule has 0 bridgehead atoms. The van der Waals surface area contributed by atoms with Crippen LogP contribution in [0.4, 0.5) is 5.69 Å². The molecule has 2 rings (SSSR count). The average molecular weight is 310 g/mol. The Bertz CT molecular complexity index is 626. The molecule has 1 aromatic carbocycles. The summed E-state index contributed by atoms with van der Waals surface area (Å²) in [7, 11) is 3.50. The second-order valence-electron chi connectivity index (χ2n) is 4.74. The number of aliphatic hydroxyl groups excluding tert-OH is 1. The van der Waals surface area contributed by atoms with Gasteiger partial charge in [-0.3, -0.25) is 0 Å². The van der Waals surface area contributed by atoms with Crippen LogP contribution in [0.1, 0.15) is 23.7 Å². The van der Waals surface area contributed by atoms with Gasteiger partial charge in [-0.1, -0.05) is 24.6 Å². The van der Waals surface area contributed by atoms with Gasteiger partial charge < -0.3 is 15.2 Å². The largest absolute Gasteiger partial charge is 0.481 e. The highest BCUT2D eigenvalue weighted by Gasteiger charge is 2.15. The second-order valence-corrected chi connectivity index (χ2v) is 5.14. The van der Waals surface area contributed by atoms with E-state index >= 15 is 0 Å². The third kappa shape index (κ3) is 3.31. The van der Waals surface area contributed by atoms with E-state index in [0.717, 1.165) is 34.8 Å². The minimum absolute atomic E-state index is 0.0116. The molecule has 5 nitrogen and oxygen atoms in total. The number of halogens is 1. The molecule has 0 saturated carbocycles. The van der Waals surface area contributed by atoms with Gasteiger partial charge in [0.1, 0.15) is 0 Å². The summed E-state index contributed by atoms with van der Waals surface area (Å²) in [5.41, 5.74) is 3.62. The Balaban J connectivity index is 2.24. The fourth-order valence-electron chi connectivity index (χ4n) is 2.31. The lowest BCUT2D eigenvalue weighted by atomic mass is 10.1. The lowest BCUT2D eigenvalue weighted by Gasteiger charge is -2.11. The maximum atomic E-state index is 9.20. The fraction of sp³-hybridized carbons (Fsp3) is 0.400. The number of aliphatic hydroxyl groups is 1. The first-order chi connectivity index (χ1) is 10.1. The minimum Gasteiger partial charge on any atom is -0.481 e. The van der Waals surface area contributed by atoms with E-state index in [-0.39, 0.29) is 6.61 Å². The van der Waals surface area contributed by atoms with Crippen LogP contribution in [0.3, 0.4) is 0 Å². The van der Waals surface area contributed by atoms with Crippen LogP contribution in [0.5, 0.6) is 5.88 Å². The predicted molar refractivity (Wildman–Crippen MR) is 83.8 cm³/mol. The van der Waals surface area contributed by atoms with Crippen LogP contribution in [-0.4, -0.2) is 22.0 Å². The molecule has 0 saturated heterocycles. The molecular formula is C15H20ClN3O2. The topological polar surface area (TPSA) is 59.3 Å². The standard InChI is InChI=1S/C15H20ClN3O2/c1-4-13-11(15(21-3)19(2)18-13)8-17-14-7-10(9-20)5-6-12(14)16/h5-7,17,20H,4,8-9H2,1-3H3. The number of ether oxygens (including phenoxy) is 1.